The molecule has 0 saturated heterocycles. The van der Waals surface area contributed by atoms with Gasteiger partial charge in [-0.15, -0.1) is 5.54 Å². The van der Waals surface area contributed by atoms with E-state index < -0.39 is 22.5 Å². The van der Waals surface area contributed by atoms with Crippen LogP contribution in [-0.2, 0) is 4.43 Å². The zero-order chi connectivity index (χ0) is 17.3. The monoisotopic (exact) mass is 338 g/mol. The van der Waals surface area contributed by atoms with Gasteiger partial charge in [0.25, 0.3) is 0 Å². The van der Waals surface area contributed by atoms with Crippen LogP contribution in [0.3, 0.4) is 0 Å². The van der Waals surface area contributed by atoms with Gasteiger partial charge in [0.05, 0.1) is 6.10 Å². The van der Waals surface area contributed by atoms with Crippen LogP contribution >= 0.6 is 0 Å². The van der Waals surface area contributed by atoms with Crippen molar-refractivity contribution >= 4 is 16.4 Å². The van der Waals surface area contributed by atoms with Gasteiger partial charge < -0.3 is 9.53 Å². The molecule has 0 aliphatic heterocycles. The molecule has 0 spiro atoms. The summed E-state index contributed by atoms with van der Waals surface area (Å²) in [4.78, 5) is 0. The summed E-state index contributed by atoms with van der Waals surface area (Å²) in [5.74, 6) is 3.14. The van der Waals surface area contributed by atoms with Crippen molar-refractivity contribution < 1.29 is 9.53 Å². The Morgan fingerprint density at radius 1 is 1.18 bits per heavy atom. The maximum Gasteiger partial charge on any atom is 0.192 e. The molecule has 1 fully saturated rings. The van der Waals surface area contributed by atoms with E-state index in [1.54, 1.807) is 0 Å². The van der Waals surface area contributed by atoms with Gasteiger partial charge in [-0.05, 0) is 36.5 Å². The van der Waals surface area contributed by atoms with E-state index in [9.17, 15) is 5.11 Å². The van der Waals surface area contributed by atoms with Crippen molar-refractivity contribution in [3.8, 4) is 11.5 Å². The third-order valence-corrected chi connectivity index (χ3v) is 10.2. The van der Waals surface area contributed by atoms with Gasteiger partial charge in [-0.1, -0.05) is 52.9 Å². The molecule has 0 radical (unpaired) electrons. The first-order valence-corrected chi connectivity index (χ1v) is 14.7. The van der Waals surface area contributed by atoms with Crippen molar-refractivity contribution in [2.24, 2.45) is 5.92 Å². The predicted octanol–water partition coefficient (Wildman–Crippen LogP) is 4.58. The zero-order valence-electron chi connectivity index (χ0n) is 15.7. The highest BCUT2D eigenvalue weighted by molar-refractivity contribution is 6.83. The fraction of sp³-hybridized carbons (Fsp3) is 0.778. The SMILES string of the molecule is C=C1[C@H]([C@H](O)C#C[Si](C)(C)C)CC[C@H]1O[Si](C)(C)C(C)(C)C. The predicted molar refractivity (Wildman–Crippen MR) is 101 cm³/mol. The van der Waals surface area contributed by atoms with E-state index in [0.29, 0.717) is 0 Å². The quantitative estimate of drug-likeness (QED) is 0.463. The number of rotatable bonds is 3. The van der Waals surface area contributed by atoms with Gasteiger partial charge in [-0.25, -0.2) is 0 Å². The van der Waals surface area contributed by atoms with Gasteiger partial charge in [0, 0.05) is 5.92 Å². The highest BCUT2D eigenvalue weighted by Gasteiger charge is 2.42. The van der Waals surface area contributed by atoms with E-state index >= 15 is 0 Å². The van der Waals surface area contributed by atoms with Crippen molar-refractivity contribution in [2.45, 2.75) is 83.6 Å². The molecule has 1 aliphatic carbocycles. The second kappa shape index (κ2) is 6.64. The lowest BCUT2D eigenvalue weighted by Gasteiger charge is -2.39. The van der Waals surface area contributed by atoms with Gasteiger partial charge in [-0.3, -0.25) is 0 Å². The average Bonchev–Trinajstić information content (AvgIpc) is 2.65. The highest BCUT2D eigenvalue weighted by Crippen LogP contribution is 2.42. The first-order valence-electron chi connectivity index (χ1n) is 8.32. The summed E-state index contributed by atoms with van der Waals surface area (Å²) in [6, 6.07) is 0. The molecule has 126 valence electrons. The number of aliphatic hydroxyl groups is 1. The Morgan fingerprint density at radius 2 is 1.73 bits per heavy atom. The standard InChI is InChI=1S/C18H34O2Si2/c1-14-15(16(19)12-13-21(5,6)7)10-11-17(14)20-22(8,9)18(2,3)4/h15-17,19H,1,10-11H2,2-9H3/t15-,16-,17-/m1/s1. The van der Waals surface area contributed by atoms with Gasteiger partial charge in [0.1, 0.15) is 14.2 Å². The molecule has 0 aromatic carbocycles. The minimum absolute atomic E-state index is 0.0682. The molecule has 0 heterocycles. The molecule has 1 saturated carbocycles. The van der Waals surface area contributed by atoms with Crippen molar-refractivity contribution in [1.82, 2.24) is 0 Å². The van der Waals surface area contributed by atoms with Crippen LogP contribution in [0.25, 0.3) is 0 Å². The van der Waals surface area contributed by atoms with E-state index in [1.807, 2.05) is 0 Å². The Hall–Kier alpha value is -0.346. The molecule has 1 N–H and O–H groups in total. The minimum atomic E-state index is -1.80. The summed E-state index contributed by atoms with van der Waals surface area (Å²) in [5, 5.41) is 10.6. The molecule has 4 heteroatoms. The molecular formula is C18H34O2Si2. The second-order valence-corrected chi connectivity index (χ2v) is 18.6. The normalized spacial score (nSPS) is 24.9. The lowest BCUT2D eigenvalue weighted by Crippen LogP contribution is -2.43. The van der Waals surface area contributed by atoms with Crippen LogP contribution in [0.15, 0.2) is 12.2 Å². The van der Waals surface area contributed by atoms with Crippen molar-refractivity contribution in [3.63, 3.8) is 0 Å². The third-order valence-electron chi connectivity index (χ3n) is 4.85. The van der Waals surface area contributed by atoms with Gasteiger partial charge in [-0.2, -0.15) is 0 Å². The third kappa shape index (κ3) is 5.09. The lowest BCUT2D eigenvalue weighted by atomic mass is 9.97. The molecule has 1 aliphatic rings. The fourth-order valence-electron chi connectivity index (χ4n) is 2.36. The smallest absolute Gasteiger partial charge is 0.192 e. The van der Waals surface area contributed by atoms with E-state index in [-0.39, 0.29) is 17.1 Å². The van der Waals surface area contributed by atoms with E-state index in [1.165, 1.54) is 0 Å². The zero-order valence-corrected chi connectivity index (χ0v) is 17.7. The van der Waals surface area contributed by atoms with Crippen LogP contribution in [-0.4, -0.2) is 33.7 Å². The highest BCUT2D eigenvalue weighted by atomic mass is 28.4. The van der Waals surface area contributed by atoms with Gasteiger partial charge >= 0.3 is 0 Å². The molecule has 0 aromatic rings. The number of aliphatic hydroxyl groups excluding tert-OH is 1. The topological polar surface area (TPSA) is 29.5 Å². The molecule has 0 bridgehead atoms. The van der Waals surface area contributed by atoms with Crippen LogP contribution in [0.5, 0.6) is 0 Å². The molecular weight excluding hydrogens is 304 g/mol. The van der Waals surface area contributed by atoms with Crippen LogP contribution < -0.4 is 0 Å². The summed E-state index contributed by atoms with van der Waals surface area (Å²) in [6.07, 6.45) is 1.39. The van der Waals surface area contributed by atoms with Gasteiger partial charge in [0.2, 0.25) is 0 Å². The van der Waals surface area contributed by atoms with Crippen LogP contribution in [0.4, 0.5) is 0 Å². The minimum Gasteiger partial charge on any atom is -0.410 e. The molecule has 0 amide bonds. The molecule has 3 atom stereocenters. The summed E-state index contributed by atoms with van der Waals surface area (Å²) in [5.41, 5.74) is 4.32. The van der Waals surface area contributed by atoms with E-state index in [4.69, 9.17) is 4.43 Å². The van der Waals surface area contributed by atoms with Gasteiger partial charge in [0.15, 0.2) is 8.32 Å². The molecule has 1 rings (SSSR count). The van der Waals surface area contributed by atoms with E-state index in [0.717, 1.165) is 18.4 Å². The Balaban J connectivity index is 2.76. The van der Waals surface area contributed by atoms with Crippen molar-refractivity contribution in [2.75, 3.05) is 0 Å². The van der Waals surface area contributed by atoms with E-state index in [2.05, 4.69) is 71.5 Å². The largest absolute Gasteiger partial charge is 0.410 e. The molecule has 0 unspecified atom stereocenters. The molecule has 2 nitrogen and oxygen atoms in total. The Bertz CT molecular complexity index is 472. The first-order chi connectivity index (χ1) is 9.74. The maximum absolute atomic E-state index is 10.4. The van der Waals surface area contributed by atoms with Crippen molar-refractivity contribution in [1.29, 1.82) is 0 Å². The first kappa shape index (κ1) is 19.7. The average molecular weight is 339 g/mol. The lowest BCUT2D eigenvalue weighted by molar-refractivity contribution is 0.178. The number of hydrogen-bond donors (Lipinski definition) is 1. The summed E-state index contributed by atoms with van der Waals surface area (Å²) in [6.45, 7) is 22.1. The summed E-state index contributed by atoms with van der Waals surface area (Å²) < 4.78 is 6.49. The Kier molecular flexibility index (Phi) is 5.95. The van der Waals surface area contributed by atoms with Crippen LogP contribution in [0.1, 0.15) is 33.6 Å². The summed E-state index contributed by atoms with van der Waals surface area (Å²) >= 11 is 0. The maximum atomic E-state index is 10.4. The molecule has 22 heavy (non-hydrogen) atoms. The van der Waals surface area contributed by atoms with Crippen LogP contribution in [0, 0.1) is 17.4 Å². The van der Waals surface area contributed by atoms with Crippen molar-refractivity contribution in [3.05, 3.63) is 12.2 Å². The molecule has 0 aromatic heterocycles. The Morgan fingerprint density at radius 3 is 2.18 bits per heavy atom. The second-order valence-electron chi connectivity index (χ2n) is 9.09. The fourth-order valence-corrected chi connectivity index (χ4v) is 4.27. The number of hydrogen-bond acceptors (Lipinski definition) is 2. The van der Waals surface area contributed by atoms with Crippen LogP contribution in [0.2, 0.25) is 37.8 Å². The Labute approximate surface area is 139 Å². The summed E-state index contributed by atoms with van der Waals surface area (Å²) in [7, 11) is -3.24.